The number of halogens is 1. The molecule has 164 valence electrons. The number of amides is 1. The Morgan fingerprint density at radius 2 is 2.03 bits per heavy atom. The molecule has 1 spiro atoms. The molecule has 0 bridgehead atoms. The quantitative estimate of drug-likeness (QED) is 0.366. The Bertz CT molecular complexity index is 1230. The van der Waals surface area contributed by atoms with Gasteiger partial charge in [0, 0.05) is 6.07 Å². The Balaban J connectivity index is 1.30. The van der Waals surface area contributed by atoms with Crippen LogP contribution in [-0.2, 0) is 15.1 Å². The Morgan fingerprint density at radius 3 is 2.78 bits per heavy atom. The first kappa shape index (κ1) is 20.1. The van der Waals surface area contributed by atoms with Crippen LogP contribution in [0.5, 0.6) is 0 Å². The number of anilines is 1. The number of carbonyl (C=O) groups is 2. The van der Waals surface area contributed by atoms with Crippen LogP contribution in [0.25, 0.3) is 5.69 Å². The lowest BCUT2D eigenvalue weighted by Gasteiger charge is -2.39. The molecule has 0 radical (unpaired) electrons. The molecule has 2 aromatic heterocycles. The lowest BCUT2D eigenvalue weighted by atomic mass is 9.73. The van der Waals surface area contributed by atoms with Gasteiger partial charge in [0.2, 0.25) is 0 Å². The molecule has 0 atom stereocenters. The summed E-state index contributed by atoms with van der Waals surface area (Å²) in [5.74, 6) is -1.72. The van der Waals surface area contributed by atoms with Gasteiger partial charge in [-0.15, -0.1) is 0 Å². The molecule has 10 heteroatoms. The number of nitrogens with zero attached hydrogens (tertiary/aromatic N) is 3. The number of hydrogen-bond acceptors (Lipinski definition) is 6. The smallest absolute Gasteiger partial charge is 0.406 e. The maximum Gasteiger partial charge on any atom is 0.406 e. The summed E-state index contributed by atoms with van der Waals surface area (Å²) in [5.41, 5.74) is -1.43. The first-order chi connectivity index (χ1) is 15.3. The van der Waals surface area contributed by atoms with Crippen LogP contribution < -0.4 is 10.0 Å². The zero-order chi connectivity index (χ0) is 22.5. The van der Waals surface area contributed by atoms with E-state index in [1.54, 1.807) is 24.3 Å². The van der Waals surface area contributed by atoms with Crippen LogP contribution in [0.2, 0.25) is 0 Å². The molecule has 9 nitrogen and oxygen atoms in total. The van der Waals surface area contributed by atoms with E-state index in [-0.39, 0.29) is 31.4 Å². The Morgan fingerprint density at radius 1 is 1.25 bits per heavy atom. The van der Waals surface area contributed by atoms with Gasteiger partial charge < -0.3 is 20.4 Å². The number of aromatic nitrogens is 3. The van der Waals surface area contributed by atoms with Crippen LogP contribution in [0.1, 0.15) is 41.7 Å². The van der Waals surface area contributed by atoms with Crippen molar-refractivity contribution in [1.82, 2.24) is 9.78 Å². The third-order valence-corrected chi connectivity index (χ3v) is 6.15. The number of esters is 1. The van der Waals surface area contributed by atoms with Crippen molar-refractivity contribution in [2.45, 2.75) is 36.9 Å². The summed E-state index contributed by atoms with van der Waals surface area (Å²) >= 11 is 0. The molecule has 1 fully saturated rings. The fourth-order valence-electron chi connectivity index (χ4n) is 4.40. The summed E-state index contributed by atoms with van der Waals surface area (Å²) in [7, 11) is 0. The van der Waals surface area contributed by atoms with E-state index in [9.17, 15) is 24.3 Å². The molecule has 1 saturated carbocycles. The predicted octanol–water partition coefficient (Wildman–Crippen LogP) is 1.95. The standard InChI is InChI=1S/C22H19FN4O5/c23-14-3-1-4-16(11-14)26-13-15(12-24-26)25-20(29)21(30)6-8-22(9-7-21)17-5-2-10-27(31)18(17)19(28)32-22/h1-5,10-13,30H,6-9H2,(H,25,29). The molecule has 2 N–H and O–H groups in total. The van der Waals surface area contributed by atoms with E-state index in [1.807, 2.05) is 0 Å². The van der Waals surface area contributed by atoms with E-state index in [4.69, 9.17) is 4.74 Å². The van der Waals surface area contributed by atoms with Crippen LogP contribution in [0.3, 0.4) is 0 Å². The normalized spacial score (nSPS) is 24.2. The zero-order valence-electron chi connectivity index (χ0n) is 16.8. The molecule has 0 saturated heterocycles. The van der Waals surface area contributed by atoms with Gasteiger partial charge in [-0.3, -0.25) is 4.79 Å². The summed E-state index contributed by atoms with van der Waals surface area (Å²) < 4.78 is 20.9. The number of nitrogens with one attached hydrogen (secondary N) is 1. The first-order valence-electron chi connectivity index (χ1n) is 10.1. The van der Waals surface area contributed by atoms with Crippen molar-refractivity contribution in [3.8, 4) is 5.69 Å². The van der Waals surface area contributed by atoms with E-state index in [0.717, 1.165) is 0 Å². The second-order valence-electron chi connectivity index (χ2n) is 8.12. The Labute approximate surface area is 181 Å². The van der Waals surface area contributed by atoms with Crippen LogP contribution in [0.4, 0.5) is 10.1 Å². The minimum Gasteiger partial charge on any atom is -0.618 e. The van der Waals surface area contributed by atoms with Crippen LogP contribution in [0.15, 0.2) is 55.0 Å². The van der Waals surface area contributed by atoms with Crippen molar-refractivity contribution in [3.63, 3.8) is 0 Å². The predicted molar refractivity (Wildman–Crippen MR) is 108 cm³/mol. The monoisotopic (exact) mass is 438 g/mol. The minimum absolute atomic E-state index is 0.0390. The van der Waals surface area contributed by atoms with E-state index < -0.39 is 28.9 Å². The number of benzene rings is 1. The van der Waals surface area contributed by atoms with Crippen molar-refractivity contribution in [2.24, 2.45) is 0 Å². The van der Waals surface area contributed by atoms with Crippen LogP contribution in [-0.4, -0.2) is 32.4 Å². The number of carbonyl (C=O) groups excluding carboxylic acids is 2. The van der Waals surface area contributed by atoms with Crippen molar-refractivity contribution < 1.29 is 28.6 Å². The average Bonchev–Trinajstić information content (AvgIpc) is 3.34. The van der Waals surface area contributed by atoms with E-state index in [2.05, 4.69) is 10.4 Å². The largest absolute Gasteiger partial charge is 0.618 e. The number of pyridine rings is 1. The molecule has 1 aliphatic heterocycles. The summed E-state index contributed by atoms with van der Waals surface area (Å²) in [6, 6.07) is 9.05. The van der Waals surface area contributed by atoms with Gasteiger partial charge in [0.15, 0.2) is 6.20 Å². The van der Waals surface area contributed by atoms with Gasteiger partial charge in [0.25, 0.3) is 5.91 Å². The number of rotatable bonds is 3. The van der Waals surface area contributed by atoms with Gasteiger partial charge in [0.1, 0.15) is 17.0 Å². The van der Waals surface area contributed by atoms with Crippen LogP contribution in [0, 0.1) is 11.0 Å². The second kappa shape index (κ2) is 7.13. The number of aliphatic hydroxyl groups is 1. The maximum absolute atomic E-state index is 13.4. The van der Waals surface area contributed by atoms with Gasteiger partial charge in [-0.05, 0) is 49.9 Å². The average molecular weight is 438 g/mol. The molecule has 2 aliphatic rings. The van der Waals surface area contributed by atoms with Crippen LogP contribution >= 0.6 is 0 Å². The van der Waals surface area contributed by atoms with E-state index in [1.165, 1.54) is 35.4 Å². The number of fused-ring (bicyclic) bond motifs is 2. The van der Waals surface area contributed by atoms with Gasteiger partial charge >= 0.3 is 11.7 Å². The first-order valence-corrected chi connectivity index (χ1v) is 10.1. The molecule has 0 unspecified atom stereocenters. The number of hydrogen-bond donors (Lipinski definition) is 2. The molecular formula is C22H19FN4O5. The highest BCUT2D eigenvalue weighted by Crippen LogP contribution is 2.48. The van der Waals surface area contributed by atoms with Crippen molar-refractivity contribution in [2.75, 3.05) is 5.32 Å². The number of ether oxygens (including phenoxy) is 1. The third kappa shape index (κ3) is 3.19. The fraction of sp³-hybridized carbons (Fsp3) is 0.273. The Hall–Kier alpha value is -3.79. The lowest BCUT2D eigenvalue weighted by molar-refractivity contribution is -0.608. The molecule has 3 aromatic rings. The molecule has 1 aliphatic carbocycles. The Kier molecular flexibility index (Phi) is 4.48. The highest BCUT2D eigenvalue weighted by Gasteiger charge is 2.55. The van der Waals surface area contributed by atoms with Crippen molar-refractivity contribution in [1.29, 1.82) is 0 Å². The van der Waals surface area contributed by atoms with E-state index >= 15 is 0 Å². The summed E-state index contributed by atoms with van der Waals surface area (Å²) in [5, 5.41) is 29.7. The SMILES string of the molecule is O=C1OC2(CCC(O)(C(=O)Nc3cnn(-c4cccc(F)c4)c3)CC2)c2ccc[n+]([O-])c21. The molecular weight excluding hydrogens is 419 g/mol. The minimum atomic E-state index is -1.68. The third-order valence-electron chi connectivity index (χ3n) is 6.15. The summed E-state index contributed by atoms with van der Waals surface area (Å²) in [6.07, 6.45) is 4.62. The lowest BCUT2D eigenvalue weighted by Crippen LogP contribution is -2.49. The van der Waals surface area contributed by atoms with E-state index in [0.29, 0.717) is 21.7 Å². The molecule has 32 heavy (non-hydrogen) atoms. The van der Waals surface area contributed by atoms with Gasteiger partial charge in [-0.2, -0.15) is 9.83 Å². The molecule has 1 aromatic carbocycles. The van der Waals surface area contributed by atoms with Gasteiger partial charge in [-0.25, -0.2) is 13.9 Å². The molecule has 3 heterocycles. The highest BCUT2D eigenvalue weighted by molar-refractivity contribution is 5.97. The maximum atomic E-state index is 13.4. The zero-order valence-corrected chi connectivity index (χ0v) is 16.8. The highest BCUT2D eigenvalue weighted by atomic mass is 19.1. The van der Waals surface area contributed by atoms with Crippen molar-refractivity contribution in [3.05, 3.63) is 77.3 Å². The van der Waals surface area contributed by atoms with Crippen molar-refractivity contribution >= 4 is 17.6 Å². The molecule has 5 rings (SSSR count). The summed E-state index contributed by atoms with van der Waals surface area (Å²) in [4.78, 5) is 25.1. The fourth-order valence-corrected chi connectivity index (χ4v) is 4.40. The second-order valence-corrected chi connectivity index (χ2v) is 8.12. The topological polar surface area (TPSA) is 120 Å². The molecule has 1 amide bonds. The van der Waals surface area contributed by atoms with Gasteiger partial charge in [-0.1, -0.05) is 6.07 Å². The van der Waals surface area contributed by atoms with Gasteiger partial charge in [0.05, 0.1) is 29.3 Å². The summed E-state index contributed by atoms with van der Waals surface area (Å²) in [6.45, 7) is 0.